The summed E-state index contributed by atoms with van der Waals surface area (Å²) in [5.41, 5.74) is 0.843. The quantitative estimate of drug-likeness (QED) is 0.562. The molecule has 3 heterocycles. The highest BCUT2D eigenvalue weighted by Crippen LogP contribution is 2.16. The highest BCUT2D eigenvalue weighted by atomic mass is 16.5. The fourth-order valence-corrected chi connectivity index (χ4v) is 3.80. The summed E-state index contributed by atoms with van der Waals surface area (Å²) < 4.78 is 7.62. The van der Waals surface area contributed by atoms with Gasteiger partial charge in [-0.3, -0.25) is 19.4 Å². The number of anilines is 1. The van der Waals surface area contributed by atoms with Gasteiger partial charge in [0.1, 0.15) is 6.54 Å². The normalized spacial score (nSPS) is 22.2. The minimum atomic E-state index is 0.0548. The number of rotatable bonds is 5. The Kier molecular flexibility index (Phi) is 6.90. The number of nitrogens with zero attached hydrogens (tertiary/aromatic N) is 6. The highest BCUT2D eigenvalue weighted by molar-refractivity contribution is 5.98. The van der Waals surface area contributed by atoms with Gasteiger partial charge in [-0.15, -0.1) is 0 Å². The minimum absolute atomic E-state index is 0.0548. The van der Waals surface area contributed by atoms with Crippen molar-refractivity contribution in [3.8, 4) is 0 Å². The van der Waals surface area contributed by atoms with Crippen LogP contribution in [0, 0.1) is 5.92 Å². The molecule has 1 N–H and O–H groups in total. The Hall–Kier alpha value is -2.13. The Labute approximate surface area is 167 Å². The van der Waals surface area contributed by atoms with Gasteiger partial charge in [0.15, 0.2) is 5.96 Å². The molecule has 9 heteroatoms. The van der Waals surface area contributed by atoms with Gasteiger partial charge in [-0.1, -0.05) is 13.8 Å². The van der Waals surface area contributed by atoms with Crippen LogP contribution in [0.25, 0.3) is 0 Å². The molecule has 0 radical (unpaired) electrons. The first-order valence-electron chi connectivity index (χ1n) is 10.0. The molecule has 1 unspecified atom stereocenters. The van der Waals surface area contributed by atoms with E-state index < -0.39 is 0 Å². The third kappa shape index (κ3) is 5.23. The Morgan fingerprint density at radius 3 is 2.86 bits per heavy atom. The van der Waals surface area contributed by atoms with E-state index in [1.54, 1.807) is 22.8 Å². The molecule has 0 spiro atoms. The van der Waals surface area contributed by atoms with Crippen LogP contribution in [0.5, 0.6) is 0 Å². The predicted octanol–water partition coefficient (Wildman–Crippen LogP) is 0.000900. The smallest absolute Gasteiger partial charge is 0.246 e. The van der Waals surface area contributed by atoms with E-state index in [1.807, 2.05) is 18.1 Å². The molecular weight excluding hydrogens is 358 g/mol. The number of aromatic nitrogens is 2. The molecule has 2 saturated heterocycles. The molecule has 0 bridgehead atoms. The van der Waals surface area contributed by atoms with Crippen molar-refractivity contribution in [3.05, 3.63) is 12.4 Å². The maximum atomic E-state index is 12.6. The number of amides is 1. The number of hydrogen-bond acceptors (Lipinski definition) is 5. The molecule has 2 aliphatic rings. The number of morpholine rings is 1. The monoisotopic (exact) mass is 391 g/mol. The maximum absolute atomic E-state index is 12.6. The number of carbonyl (C=O) groups is 1. The van der Waals surface area contributed by atoms with Gasteiger partial charge in [0, 0.05) is 59.6 Å². The molecule has 1 aromatic rings. The molecule has 9 nitrogen and oxygen atoms in total. The molecule has 1 aromatic heterocycles. The first-order chi connectivity index (χ1) is 13.5. The van der Waals surface area contributed by atoms with E-state index in [9.17, 15) is 4.79 Å². The average Bonchev–Trinajstić information content (AvgIpc) is 3.08. The van der Waals surface area contributed by atoms with E-state index in [0.717, 1.165) is 44.4 Å². The van der Waals surface area contributed by atoms with Crippen LogP contribution < -0.4 is 10.2 Å². The summed E-state index contributed by atoms with van der Waals surface area (Å²) in [6.45, 7) is 10.6. The summed E-state index contributed by atoms with van der Waals surface area (Å²) in [6.07, 6.45) is 3.73. The van der Waals surface area contributed by atoms with Crippen molar-refractivity contribution in [1.29, 1.82) is 0 Å². The van der Waals surface area contributed by atoms with Gasteiger partial charge in [0.25, 0.3) is 0 Å². The van der Waals surface area contributed by atoms with Gasteiger partial charge < -0.3 is 19.9 Å². The maximum Gasteiger partial charge on any atom is 0.246 e. The molecule has 1 atom stereocenters. The van der Waals surface area contributed by atoms with Crippen LogP contribution in [0.3, 0.4) is 0 Å². The van der Waals surface area contributed by atoms with Gasteiger partial charge in [-0.05, 0) is 5.92 Å². The molecule has 0 saturated carbocycles. The van der Waals surface area contributed by atoms with Gasteiger partial charge in [-0.25, -0.2) is 0 Å². The number of nitrogens with one attached hydrogen (secondary N) is 1. The number of carbonyl (C=O) groups excluding carboxylic acids is 1. The van der Waals surface area contributed by atoms with Crippen LogP contribution in [0.1, 0.15) is 13.8 Å². The SMILES string of the molecule is CN=C(NCC1CN(CC(C)C)CCO1)N1CCN(c2cnn(C)c2)C(=O)C1. The van der Waals surface area contributed by atoms with E-state index in [-0.39, 0.29) is 12.0 Å². The van der Waals surface area contributed by atoms with Crippen molar-refractivity contribution < 1.29 is 9.53 Å². The van der Waals surface area contributed by atoms with Crippen LogP contribution in [0.2, 0.25) is 0 Å². The zero-order chi connectivity index (χ0) is 20.1. The van der Waals surface area contributed by atoms with Crippen molar-refractivity contribution >= 4 is 17.6 Å². The third-order valence-electron chi connectivity index (χ3n) is 5.07. The number of hydrogen-bond donors (Lipinski definition) is 1. The molecule has 156 valence electrons. The molecular formula is C19H33N7O2. The van der Waals surface area contributed by atoms with Crippen LogP contribution in [-0.4, -0.2) is 97.0 Å². The second-order valence-corrected chi connectivity index (χ2v) is 7.91. The van der Waals surface area contributed by atoms with E-state index in [4.69, 9.17) is 4.74 Å². The summed E-state index contributed by atoms with van der Waals surface area (Å²) in [5.74, 6) is 1.46. The first kappa shape index (κ1) is 20.6. The topological polar surface area (TPSA) is 78.2 Å². The number of ether oxygens (including phenoxy) is 1. The van der Waals surface area contributed by atoms with Crippen molar-refractivity contribution in [1.82, 2.24) is 24.9 Å². The van der Waals surface area contributed by atoms with Crippen LogP contribution in [0.15, 0.2) is 17.4 Å². The molecule has 28 heavy (non-hydrogen) atoms. The zero-order valence-electron chi connectivity index (χ0n) is 17.5. The average molecular weight is 392 g/mol. The Morgan fingerprint density at radius 1 is 1.39 bits per heavy atom. The number of piperazine rings is 1. The molecule has 0 aliphatic carbocycles. The van der Waals surface area contributed by atoms with Crippen molar-refractivity contribution in [2.24, 2.45) is 18.0 Å². The standard InChI is InChI=1S/C19H33N7O2/c1-15(2)11-24-7-8-28-17(13-24)10-21-19(20-3)25-5-6-26(18(27)14-25)16-9-22-23(4)12-16/h9,12,15,17H,5-8,10-11,13-14H2,1-4H3,(H,20,21). The summed E-state index contributed by atoms with van der Waals surface area (Å²) in [6, 6.07) is 0. The fraction of sp³-hybridized carbons (Fsp3) is 0.737. The zero-order valence-corrected chi connectivity index (χ0v) is 17.5. The molecule has 0 aromatic carbocycles. The summed E-state index contributed by atoms with van der Waals surface area (Å²) in [7, 11) is 3.61. The fourth-order valence-electron chi connectivity index (χ4n) is 3.80. The molecule has 1 amide bonds. The van der Waals surface area contributed by atoms with Crippen molar-refractivity contribution in [2.45, 2.75) is 20.0 Å². The lowest BCUT2D eigenvalue weighted by molar-refractivity contribution is -0.120. The number of guanidine groups is 1. The van der Waals surface area contributed by atoms with Crippen LogP contribution >= 0.6 is 0 Å². The van der Waals surface area contributed by atoms with Crippen LogP contribution in [-0.2, 0) is 16.6 Å². The Morgan fingerprint density at radius 2 is 2.21 bits per heavy atom. The molecule has 2 fully saturated rings. The van der Waals surface area contributed by atoms with Gasteiger partial charge in [0.2, 0.25) is 5.91 Å². The Balaban J connectivity index is 1.50. The molecule has 2 aliphatic heterocycles. The van der Waals surface area contributed by atoms with Gasteiger partial charge >= 0.3 is 0 Å². The lowest BCUT2D eigenvalue weighted by Crippen LogP contribution is -2.57. The predicted molar refractivity (Wildman–Crippen MR) is 110 cm³/mol. The van der Waals surface area contributed by atoms with Crippen molar-refractivity contribution in [2.75, 3.05) is 64.4 Å². The number of aliphatic imine (C=N–C) groups is 1. The van der Waals surface area contributed by atoms with E-state index in [0.29, 0.717) is 25.6 Å². The summed E-state index contributed by atoms with van der Waals surface area (Å²) in [4.78, 5) is 23.2. The highest BCUT2D eigenvalue weighted by Gasteiger charge is 2.28. The van der Waals surface area contributed by atoms with E-state index in [1.165, 1.54) is 0 Å². The lowest BCUT2D eigenvalue weighted by Gasteiger charge is -2.37. The molecule has 3 rings (SSSR count). The second kappa shape index (κ2) is 9.38. The van der Waals surface area contributed by atoms with E-state index in [2.05, 4.69) is 34.2 Å². The number of aryl methyl sites for hydroxylation is 1. The van der Waals surface area contributed by atoms with Crippen molar-refractivity contribution in [3.63, 3.8) is 0 Å². The minimum Gasteiger partial charge on any atom is -0.374 e. The summed E-state index contributed by atoms with van der Waals surface area (Å²) >= 11 is 0. The van der Waals surface area contributed by atoms with Gasteiger partial charge in [0.05, 0.1) is 24.6 Å². The van der Waals surface area contributed by atoms with Crippen LogP contribution in [0.4, 0.5) is 5.69 Å². The third-order valence-corrected chi connectivity index (χ3v) is 5.07. The second-order valence-electron chi connectivity index (χ2n) is 7.91. The van der Waals surface area contributed by atoms with E-state index >= 15 is 0 Å². The van der Waals surface area contributed by atoms with Gasteiger partial charge in [-0.2, -0.15) is 5.10 Å². The lowest BCUT2D eigenvalue weighted by atomic mass is 10.2. The first-order valence-corrected chi connectivity index (χ1v) is 10.0. The Bertz CT molecular complexity index is 688. The largest absolute Gasteiger partial charge is 0.374 e. The summed E-state index contributed by atoms with van der Waals surface area (Å²) in [5, 5.41) is 7.56.